The zero-order chi connectivity index (χ0) is 26.5. The van der Waals surface area contributed by atoms with Crippen molar-refractivity contribution < 1.29 is 14.4 Å². The minimum Gasteiger partial charge on any atom is -0.395 e. The highest BCUT2D eigenvalue weighted by molar-refractivity contribution is 9.09. The van der Waals surface area contributed by atoms with Crippen molar-refractivity contribution in [3.63, 3.8) is 0 Å². The Morgan fingerprint density at radius 3 is 2.46 bits per heavy atom. The number of hydrogen-bond acceptors (Lipinski definition) is 5. The van der Waals surface area contributed by atoms with Gasteiger partial charge < -0.3 is 20.6 Å². The van der Waals surface area contributed by atoms with Gasteiger partial charge in [0.2, 0.25) is 0 Å². The van der Waals surface area contributed by atoms with Gasteiger partial charge in [-0.1, -0.05) is 58.9 Å². The van der Waals surface area contributed by atoms with Gasteiger partial charge in [-0.2, -0.15) is 0 Å². The third kappa shape index (κ3) is 13.7. The molecule has 35 heavy (non-hydrogen) atoms. The van der Waals surface area contributed by atoms with Crippen LogP contribution in [0.3, 0.4) is 0 Å². The van der Waals surface area contributed by atoms with Crippen LogP contribution in [0.5, 0.6) is 0 Å². The Bertz CT molecular complexity index is 868. The van der Waals surface area contributed by atoms with E-state index in [4.69, 9.17) is 15.3 Å². The lowest BCUT2D eigenvalue weighted by Gasteiger charge is -2.30. The number of nitrogens with one attached hydrogen (secondary N) is 1. The van der Waals surface area contributed by atoms with Gasteiger partial charge in [-0.3, -0.25) is 4.79 Å². The van der Waals surface area contributed by atoms with Crippen LogP contribution in [-0.2, 0) is 9.57 Å². The molecule has 0 aliphatic heterocycles. The van der Waals surface area contributed by atoms with Crippen molar-refractivity contribution in [3.05, 3.63) is 35.4 Å². The van der Waals surface area contributed by atoms with Crippen LogP contribution in [0.15, 0.2) is 29.4 Å². The Morgan fingerprint density at radius 2 is 1.86 bits per heavy atom. The smallest absolute Gasteiger partial charge is 0.251 e. The van der Waals surface area contributed by atoms with Gasteiger partial charge in [0, 0.05) is 28.5 Å². The van der Waals surface area contributed by atoms with Crippen LogP contribution in [0.2, 0.25) is 0 Å². The number of halogens is 1. The Labute approximate surface area is 220 Å². The van der Waals surface area contributed by atoms with Crippen molar-refractivity contribution >= 4 is 28.1 Å². The first-order chi connectivity index (χ1) is 16.3. The molecule has 0 saturated heterocycles. The van der Waals surface area contributed by atoms with Crippen molar-refractivity contribution in [2.24, 2.45) is 21.7 Å². The first kappa shape index (κ1) is 31.2. The van der Waals surface area contributed by atoms with Gasteiger partial charge in [0.15, 0.2) is 0 Å². The molecule has 0 radical (unpaired) electrons. The van der Waals surface area contributed by atoms with Crippen molar-refractivity contribution in [2.75, 3.05) is 25.1 Å². The van der Waals surface area contributed by atoms with Gasteiger partial charge in [-0.25, -0.2) is 0 Å². The lowest BCUT2D eigenvalue weighted by Crippen LogP contribution is -2.44. The Morgan fingerprint density at radius 1 is 1.20 bits per heavy atom. The molecule has 0 aromatic heterocycles. The van der Waals surface area contributed by atoms with Crippen LogP contribution in [0.4, 0.5) is 0 Å². The molecule has 1 aromatic rings. The van der Waals surface area contributed by atoms with E-state index in [-0.39, 0.29) is 28.4 Å². The SMILES string of the molecule is CC(CCN)OCCC(C)(C)NC(=O)c1ccc(/C=N/OCC(C)(C)CC(C)(C)C#CCBr)cc1. The number of nitrogens with two attached hydrogens (primary N) is 1. The van der Waals surface area contributed by atoms with E-state index in [0.717, 1.165) is 18.4 Å². The molecule has 3 N–H and O–H groups in total. The number of carbonyl (C=O) groups excluding carboxylic acids is 1. The zero-order valence-electron chi connectivity index (χ0n) is 22.5. The fourth-order valence-corrected chi connectivity index (χ4v) is 4.01. The second-order valence-electron chi connectivity index (χ2n) is 11.1. The number of hydrogen-bond donors (Lipinski definition) is 2. The molecule has 0 aliphatic carbocycles. The van der Waals surface area contributed by atoms with Crippen LogP contribution in [0.25, 0.3) is 0 Å². The molecule has 1 aromatic carbocycles. The topological polar surface area (TPSA) is 85.9 Å². The fraction of sp³-hybridized carbons (Fsp3) is 0.643. The Balaban J connectivity index is 2.54. The van der Waals surface area contributed by atoms with Gasteiger partial charge in [0.1, 0.15) is 6.61 Å². The Hall–Kier alpha value is -1.88. The standard InChI is InChI=1S/C28H44BrN3O3/c1-22(13-17-30)34-18-15-28(6,7)32-25(33)24-11-9-23(10-12-24)19-31-35-21-27(4,5)20-26(2,3)14-8-16-29/h9-12,19,22H,13,15-18,20-21,30H2,1-7H3,(H,32,33)/b31-19+. The number of rotatable bonds is 14. The number of ether oxygens (including phenoxy) is 1. The highest BCUT2D eigenvalue weighted by Crippen LogP contribution is 2.33. The van der Waals surface area contributed by atoms with E-state index in [1.165, 1.54) is 0 Å². The second-order valence-corrected chi connectivity index (χ2v) is 11.7. The molecule has 1 unspecified atom stereocenters. The van der Waals surface area contributed by atoms with Crippen molar-refractivity contribution in [1.82, 2.24) is 5.32 Å². The maximum Gasteiger partial charge on any atom is 0.251 e. The first-order valence-electron chi connectivity index (χ1n) is 12.2. The highest BCUT2D eigenvalue weighted by atomic mass is 79.9. The van der Waals surface area contributed by atoms with Crippen LogP contribution >= 0.6 is 15.9 Å². The average Bonchev–Trinajstić information content (AvgIpc) is 2.74. The van der Waals surface area contributed by atoms with Crippen LogP contribution in [-0.4, -0.2) is 48.9 Å². The van der Waals surface area contributed by atoms with Crippen LogP contribution in [0.1, 0.15) is 83.7 Å². The molecule has 0 spiro atoms. The van der Waals surface area contributed by atoms with Gasteiger partial charge in [0.05, 0.1) is 17.6 Å². The van der Waals surface area contributed by atoms with Gasteiger partial charge in [-0.15, -0.1) is 0 Å². The summed E-state index contributed by atoms with van der Waals surface area (Å²) in [5.74, 6) is 6.28. The molecule has 1 rings (SSSR count). The minimum absolute atomic E-state index is 0.0654. The molecule has 0 fully saturated rings. The van der Waals surface area contributed by atoms with E-state index < -0.39 is 0 Å². The summed E-state index contributed by atoms with van der Waals surface area (Å²) in [6.45, 7) is 16.3. The lowest BCUT2D eigenvalue weighted by atomic mass is 9.76. The maximum absolute atomic E-state index is 12.7. The predicted octanol–water partition coefficient (Wildman–Crippen LogP) is 5.53. The molecule has 7 heteroatoms. The van der Waals surface area contributed by atoms with E-state index in [9.17, 15) is 4.79 Å². The molecule has 1 atom stereocenters. The number of amides is 1. The van der Waals surface area contributed by atoms with Crippen LogP contribution < -0.4 is 11.1 Å². The summed E-state index contributed by atoms with van der Waals surface area (Å²) < 4.78 is 5.76. The van der Waals surface area contributed by atoms with Crippen molar-refractivity contribution in [2.45, 2.75) is 79.4 Å². The number of nitrogens with zero attached hydrogens (tertiary/aromatic N) is 1. The summed E-state index contributed by atoms with van der Waals surface area (Å²) in [5.41, 5.74) is 6.48. The van der Waals surface area contributed by atoms with Gasteiger partial charge >= 0.3 is 0 Å². The van der Waals surface area contributed by atoms with Gasteiger partial charge in [-0.05, 0) is 78.1 Å². The monoisotopic (exact) mass is 549 g/mol. The highest BCUT2D eigenvalue weighted by Gasteiger charge is 2.28. The fourth-order valence-electron chi connectivity index (χ4n) is 3.87. The summed E-state index contributed by atoms with van der Waals surface area (Å²) in [6, 6.07) is 7.30. The molecule has 0 saturated carbocycles. The van der Waals surface area contributed by atoms with Crippen molar-refractivity contribution in [1.29, 1.82) is 0 Å². The molecule has 6 nitrogen and oxygen atoms in total. The molecule has 1 amide bonds. The molecule has 0 bridgehead atoms. The summed E-state index contributed by atoms with van der Waals surface area (Å²) in [5, 5.41) is 7.89. The molecule has 0 aliphatic rings. The third-order valence-corrected chi connectivity index (χ3v) is 5.75. The number of benzene rings is 1. The van der Waals surface area contributed by atoms with E-state index in [0.29, 0.717) is 37.1 Å². The van der Waals surface area contributed by atoms with E-state index in [1.54, 1.807) is 18.3 Å². The second kappa shape index (κ2) is 14.6. The average molecular weight is 551 g/mol. The summed E-state index contributed by atoms with van der Waals surface area (Å²) in [7, 11) is 0. The van der Waals surface area contributed by atoms with Gasteiger partial charge in [0.25, 0.3) is 5.91 Å². The normalized spacial score (nSPS) is 13.3. The molecular weight excluding hydrogens is 506 g/mol. The number of oxime groups is 1. The summed E-state index contributed by atoms with van der Waals surface area (Å²) >= 11 is 3.35. The predicted molar refractivity (Wildman–Crippen MR) is 149 cm³/mol. The largest absolute Gasteiger partial charge is 0.395 e. The maximum atomic E-state index is 12.7. The lowest BCUT2D eigenvalue weighted by molar-refractivity contribution is 0.0479. The third-order valence-electron chi connectivity index (χ3n) is 5.47. The number of carbonyl (C=O) groups is 1. The van der Waals surface area contributed by atoms with Crippen molar-refractivity contribution in [3.8, 4) is 11.8 Å². The zero-order valence-corrected chi connectivity index (χ0v) is 24.1. The Kier molecular flexibility index (Phi) is 13.0. The quantitative estimate of drug-likeness (QED) is 0.138. The molecule has 196 valence electrons. The first-order valence-corrected chi connectivity index (χ1v) is 13.4. The molecular formula is C28H44BrN3O3. The van der Waals surface area contributed by atoms with Crippen LogP contribution in [0, 0.1) is 22.7 Å². The summed E-state index contributed by atoms with van der Waals surface area (Å²) in [4.78, 5) is 18.3. The minimum atomic E-state index is -0.380. The molecule has 0 heterocycles. The van der Waals surface area contributed by atoms with E-state index in [1.807, 2.05) is 32.9 Å². The summed E-state index contributed by atoms with van der Waals surface area (Å²) in [6.07, 6.45) is 4.23. The number of alkyl halides is 1. The van der Waals surface area contributed by atoms with E-state index in [2.05, 4.69) is 65.9 Å². The van der Waals surface area contributed by atoms with E-state index >= 15 is 0 Å².